The van der Waals surface area contributed by atoms with E-state index in [2.05, 4.69) is 15.3 Å². The number of aryl methyl sites for hydroxylation is 1. The maximum Gasteiger partial charge on any atom is 0.267 e. The zero-order valence-corrected chi connectivity index (χ0v) is 16.2. The second-order valence-corrected chi connectivity index (χ2v) is 7.37. The lowest BCUT2D eigenvalue weighted by atomic mass is 9.93. The van der Waals surface area contributed by atoms with Crippen molar-refractivity contribution in [2.75, 3.05) is 7.11 Å². The fourth-order valence-corrected chi connectivity index (χ4v) is 3.64. The van der Waals surface area contributed by atoms with Crippen molar-refractivity contribution < 1.29 is 14.3 Å². The summed E-state index contributed by atoms with van der Waals surface area (Å²) in [6.45, 7) is 2.01. The average Bonchev–Trinajstić information content (AvgIpc) is 3.14. The highest BCUT2D eigenvalue weighted by atomic mass is 16.5. The highest BCUT2D eigenvalue weighted by Gasteiger charge is 2.24. The number of amides is 1. The summed E-state index contributed by atoms with van der Waals surface area (Å²) in [5.74, 6) is 1.37. The Morgan fingerprint density at radius 2 is 1.96 bits per heavy atom. The normalized spacial score (nSPS) is 19.4. The quantitative estimate of drug-likeness (QED) is 0.702. The summed E-state index contributed by atoms with van der Waals surface area (Å²) in [4.78, 5) is 20.1. The van der Waals surface area contributed by atoms with E-state index in [9.17, 15) is 4.79 Å². The molecule has 6 heteroatoms. The number of pyridine rings is 1. The third-order valence-corrected chi connectivity index (χ3v) is 5.26. The molecule has 1 aliphatic carbocycles. The lowest BCUT2D eigenvalue weighted by molar-refractivity contribution is 0.0886. The molecule has 0 aliphatic heterocycles. The first-order valence-electron chi connectivity index (χ1n) is 9.67. The Hall–Kier alpha value is -3.02. The molecular formula is C22H25N3O3. The third-order valence-electron chi connectivity index (χ3n) is 5.26. The van der Waals surface area contributed by atoms with Crippen LogP contribution in [0.2, 0.25) is 0 Å². The number of rotatable bonds is 5. The highest BCUT2D eigenvalue weighted by molar-refractivity contribution is 5.98. The molecule has 2 aromatic heterocycles. The van der Waals surface area contributed by atoms with Gasteiger partial charge in [-0.1, -0.05) is 6.07 Å². The number of nitrogens with one attached hydrogen (secondary N) is 2. The van der Waals surface area contributed by atoms with Crippen molar-refractivity contribution in [3.63, 3.8) is 0 Å². The summed E-state index contributed by atoms with van der Waals surface area (Å²) in [6, 6.07) is 11.7. The van der Waals surface area contributed by atoms with Crippen LogP contribution >= 0.6 is 0 Å². The molecule has 2 N–H and O–H groups in total. The van der Waals surface area contributed by atoms with Gasteiger partial charge in [0.15, 0.2) is 0 Å². The van der Waals surface area contributed by atoms with Gasteiger partial charge >= 0.3 is 0 Å². The van der Waals surface area contributed by atoms with Crippen molar-refractivity contribution in [1.82, 2.24) is 15.3 Å². The van der Waals surface area contributed by atoms with Crippen molar-refractivity contribution in [3.8, 4) is 11.6 Å². The molecule has 0 unspecified atom stereocenters. The number of methoxy groups -OCH3 is 1. The fourth-order valence-electron chi connectivity index (χ4n) is 3.64. The standard InChI is InChI=1S/C22H25N3O3/c1-14-3-10-21(23-13-14)28-17-8-5-16(6-9-17)24-22(26)20-11-15-4-7-18(27-2)12-19(15)25-20/h3-4,7,10-13,16-17,25H,5-6,8-9H2,1-2H3,(H,24,26). The number of benzene rings is 1. The van der Waals surface area contributed by atoms with E-state index in [-0.39, 0.29) is 18.1 Å². The Balaban J connectivity index is 1.31. The van der Waals surface area contributed by atoms with Gasteiger partial charge in [-0.2, -0.15) is 0 Å². The number of carbonyl (C=O) groups is 1. The molecule has 0 bridgehead atoms. The fraction of sp³-hybridized carbons (Fsp3) is 0.364. The van der Waals surface area contributed by atoms with E-state index in [4.69, 9.17) is 9.47 Å². The Kier molecular flexibility index (Phi) is 5.19. The Morgan fingerprint density at radius 3 is 2.68 bits per heavy atom. The third kappa shape index (κ3) is 4.11. The minimum absolute atomic E-state index is 0.0697. The average molecular weight is 379 g/mol. The summed E-state index contributed by atoms with van der Waals surface area (Å²) < 4.78 is 11.2. The molecule has 4 rings (SSSR count). The van der Waals surface area contributed by atoms with E-state index < -0.39 is 0 Å². The molecule has 1 aliphatic rings. The first-order chi connectivity index (χ1) is 13.6. The molecule has 0 radical (unpaired) electrons. The molecular weight excluding hydrogens is 354 g/mol. The molecule has 1 saturated carbocycles. The van der Waals surface area contributed by atoms with Gasteiger partial charge in [0.05, 0.1) is 7.11 Å². The molecule has 0 atom stereocenters. The molecule has 1 amide bonds. The van der Waals surface area contributed by atoms with E-state index in [0.29, 0.717) is 11.6 Å². The second-order valence-electron chi connectivity index (χ2n) is 7.37. The number of ether oxygens (including phenoxy) is 2. The number of carbonyl (C=O) groups excluding carboxylic acids is 1. The summed E-state index contributed by atoms with van der Waals surface area (Å²) in [6.07, 6.45) is 5.59. The first kappa shape index (κ1) is 18.3. The number of aromatic amines is 1. The van der Waals surface area contributed by atoms with Crippen LogP contribution in [0.15, 0.2) is 42.6 Å². The van der Waals surface area contributed by atoms with Gasteiger partial charge in [0.1, 0.15) is 17.5 Å². The molecule has 6 nitrogen and oxygen atoms in total. The van der Waals surface area contributed by atoms with Crippen LogP contribution in [0.25, 0.3) is 10.9 Å². The number of hydrogen-bond donors (Lipinski definition) is 2. The van der Waals surface area contributed by atoms with Crippen LogP contribution in [-0.4, -0.2) is 35.1 Å². The monoisotopic (exact) mass is 379 g/mol. The zero-order chi connectivity index (χ0) is 19.5. The summed E-state index contributed by atoms with van der Waals surface area (Å²) in [5.41, 5.74) is 2.59. The van der Waals surface area contributed by atoms with Crippen molar-refractivity contribution in [2.24, 2.45) is 0 Å². The van der Waals surface area contributed by atoms with Crippen LogP contribution in [0.5, 0.6) is 11.6 Å². The van der Waals surface area contributed by atoms with E-state index in [1.807, 2.05) is 49.5 Å². The molecule has 3 aromatic rings. The van der Waals surface area contributed by atoms with Crippen LogP contribution < -0.4 is 14.8 Å². The van der Waals surface area contributed by atoms with Crippen molar-refractivity contribution in [1.29, 1.82) is 0 Å². The largest absolute Gasteiger partial charge is 0.497 e. The van der Waals surface area contributed by atoms with Crippen molar-refractivity contribution in [2.45, 2.75) is 44.8 Å². The number of nitrogens with zero attached hydrogens (tertiary/aromatic N) is 1. The van der Waals surface area contributed by atoms with Crippen molar-refractivity contribution in [3.05, 3.63) is 53.9 Å². The number of hydrogen-bond acceptors (Lipinski definition) is 4. The molecule has 1 fully saturated rings. The number of fused-ring (bicyclic) bond motifs is 1. The van der Waals surface area contributed by atoms with Gasteiger partial charge in [0, 0.05) is 35.3 Å². The smallest absolute Gasteiger partial charge is 0.267 e. The summed E-state index contributed by atoms with van der Waals surface area (Å²) >= 11 is 0. The first-order valence-corrected chi connectivity index (χ1v) is 9.67. The molecule has 2 heterocycles. The molecule has 0 spiro atoms. The highest BCUT2D eigenvalue weighted by Crippen LogP contribution is 2.24. The minimum atomic E-state index is -0.0697. The van der Waals surface area contributed by atoms with Crippen LogP contribution in [0.1, 0.15) is 41.7 Å². The predicted molar refractivity (Wildman–Crippen MR) is 108 cm³/mol. The summed E-state index contributed by atoms with van der Waals surface area (Å²) in [5, 5.41) is 4.14. The lowest BCUT2D eigenvalue weighted by Gasteiger charge is -2.29. The van der Waals surface area contributed by atoms with Gasteiger partial charge in [0.2, 0.25) is 5.88 Å². The predicted octanol–water partition coefficient (Wildman–Crippen LogP) is 4.00. The van der Waals surface area contributed by atoms with E-state index in [0.717, 1.165) is 47.9 Å². The Morgan fingerprint density at radius 1 is 1.14 bits per heavy atom. The molecule has 1 aromatic carbocycles. The van der Waals surface area contributed by atoms with Gasteiger partial charge in [0.25, 0.3) is 5.91 Å². The lowest BCUT2D eigenvalue weighted by Crippen LogP contribution is -2.39. The van der Waals surface area contributed by atoms with E-state index in [1.165, 1.54) is 0 Å². The van der Waals surface area contributed by atoms with Crippen LogP contribution in [0.4, 0.5) is 0 Å². The van der Waals surface area contributed by atoms with E-state index >= 15 is 0 Å². The SMILES string of the molecule is COc1ccc2cc(C(=O)NC3CCC(Oc4ccc(C)cn4)CC3)[nH]c2c1. The summed E-state index contributed by atoms with van der Waals surface area (Å²) in [7, 11) is 1.63. The Bertz CT molecular complexity index is 957. The minimum Gasteiger partial charge on any atom is -0.497 e. The van der Waals surface area contributed by atoms with Gasteiger partial charge in [-0.15, -0.1) is 0 Å². The van der Waals surface area contributed by atoms with Gasteiger partial charge in [-0.05, 0) is 56.4 Å². The van der Waals surface area contributed by atoms with E-state index in [1.54, 1.807) is 7.11 Å². The van der Waals surface area contributed by atoms with Crippen LogP contribution in [0, 0.1) is 6.92 Å². The topological polar surface area (TPSA) is 76.2 Å². The molecule has 28 heavy (non-hydrogen) atoms. The molecule has 0 saturated heterocycles. The number of H-pyrrole nitrogens is 1. The maximum atomic E-state index is 12.6. The van der Waals surface area contributed by atoms with Gasteiger partial charge in [-0.3, -0.25) is 4.79 Å². The molecule has 146 valence electrons. The zero-order valence-electron chi connectivity index (χ0n) is 16.2. The van der Waals surface area contributed by atoms with Gasteiger partial charge < -0.3 is 19.8 Å². The maximum absolute atomic E-state index is 12.6. The Labute approximate surface area is 164 Å². The van der Waals surface area contributed by atoms with Gasteiger partial charge in [-0.25, -0.2) is 4.98 Å². The van der Waals surface area contributed by atoms with Crippen LogP contribution in [0.3, 0.4) is 0 Å². The number of aromatic nitrogens is 2. The van der Waals surface area contributed by atoms with Crippen LogP contribution in [-0.2, 0) is 0 Å². The second kappa shape index (κ2) is 7.92. The van der Waals surface area contributed by atoms with Crippen molar-refractivity contribution >= 4 is 16.8 Å².